The molecule has 0 fully saturated rings. The van der Waals surface area contributed by atoms with Crippen LogP contribution in [0.2, 0.25) is 0 Å². The van der Waals surface area contributed by atoms with E-state index >= 15 is 0 Å². The van der Waals surface area contributed by atoms with Crippen LogP contribution in [0.3, 0.4) is 0 Å². The van der Waals surface area contributed by atoms with Gasteiger partial charge in [0.05, 0.1) is 11.3 Å². The van der Waals surface area contributed by atoms with Crippen LogP contribution in [0.15, 0.2) is 58.3 Å². The molecule has 3 rings (SSSR count). The predicted molar refractivity (Wildman–Crippen MR) is 71.7 cm³/mol. The molecule has 0 atom stereocenters. The van der Waals surface area contributed by atoms with Crippen LogP contribution >= 0.6 is 11.8 Å². The first-order valence-electron chi connectivity index (χ1n) is 5.02. The van der Waals surface area contributed by atoms with E-state index in [1.165, 1.54) is 0 Å². The highest BCUT2D eigenvalue weighted by Gasteiger charge is 2.18. The van der Waals surface area contributed by atoms with Crippen LogP contribution in [-0.4, -0.2) is 5.91 Å². The molecule has 86 valence electrons. The number of nitrogens with one attached hydrogen (secondary N) is 1. The molecule has 1 N–H and O–H groups in total. The molecule has 1 amide bonds. The van der Waals surface area contributed by atoms with Crippen LogP contribution in [0.5, 0.6) is 0 Å². The molecule has 0 unspecified atom stereocenters. The fourth-order valence-corrected chi connectivity index (χ4v) is 2.74. The van der Waals surface area contributed by atoms with E-state index in [9.17, 15) is 4.79 Å². The topological polar surface area (TPSA) is 29.1 Å². The van der Waals surface area contributed by atoms with E-state index in [1.54, 1.807) is 11.8 Å². The molecule has 0 saturated carbocycles. The first-order valence-corrected chi connectivity index (χ1v) is 5.83. The summed E-state index contributed by atoms with van der Waals surface area (Å²) in [6.45, 7) is 0. The maximum atomic E-state index is 11.9. The van der Waals surface area contributed by atoms with Gasteiger partial charge in [-0.3, -0.25) is 4.79 Å². The second kappa shape index (κ2) is 4.63. The van der Waals surface area contributed by atoms with E-state index in [0.29, 0.717) is 0 Å². The van der Waals surface area contributed by atoms with E-state index in [2.05, 4.69) is 5.32 Å². The predicted octanol–water partition coefficient (Wildman–Crippen LogP) is 4.04. The minimum Gasteiger partial charge on any atom is -0.321 e. The van der Waals surface area contributed by atoms with E-state index in [1.807, 2.05) is 48.5 Å². The highest BCUT2D eigenvalue weighted by atomic mass is 32.2. The zero-order chi connectivity index (χ0) is 11.0. The van der Waals surface area contributed by atoms with Crippen molar-refractivity contribution in [3.8, 4) is 0 Å². The summed E-state index contributed by atoms with van der Waals surface area (Å²) in [5.41, 5.74) is 1.62. The number of anilines is 1. The molecule has 2 aromatic rings. The summed E-state index contributed by atoms with van der Waals surface area (Å²) >= 11 is 1.62. The number of para-hydroxylation sites is 1. The Kier molecular flexibility index (Phi) is 3.20. The van der Waals surface area contributed by atoms with Gasteiger partial charge < -0.3 is 5.32 Å². The van der Waals surface area contributed by atoms with Gasteiger partial charge in [0.1, 0.15) is 0 Å². The summed E-state index contributed by atoms with van der Waals surface area (Å²) in [6, 6.07) is 15.5. The van der Waals surface area contributed by atoms with Crippen molar-refractivity contribution in [1.29, 1.82) is 0 Å². The number of carbonyl (C=O) groups is 1. The minimum absolute atomic E-state index is 0. The molecule has 0 spiro atoms. The van der Waals surface area contributed by atoms with E-state index < -0.39 is 0 Å². The van der Waals surface area contributed by atoms with E-state index in [-0.39, 0.29) is 13.3 Å². The molecule has 2 nitrogen and oxygen atoms in total. The smallest absolute Gasteiger partial charge is 0.256 e. The zero-order valence-electron chi connectivity index (χ0n) is 8.44. The summed E-state index contributed by atoms with van der Waals surface area (Å²) in [5, 5.41) is 2.92. The van der Waals surface area contributed by atoms with E-state index in [0.717, 1.165) is 21.0 Å². The van der Waals surface area contributed by atoms with Gasteiger partial charge in [0.15, 0.2) is 0 Å². The van der Waals surface area contributed by atoms with Crippen LogP contribution in [0.1, 0.15) is 17.8 Å². The molecule has 3 heteroatoms. The quantitative estimate of drug-likeness (QED) is 0.756. The Balaban J connectivity index is 0.00000108. The van der Waals surface area contributed by atoms with Crippen molar-refractivity contribution in [1.82, 2.24) is 0 Å². The normalized spacial score (nSPS) is 12.6. The Labute approximate surface area is 105 Å². The Morgan fingerprint density at radius 2 is 1.53 bits per heavy atom. The molecule has 0 saturated heterocycles. The Hall–Kier alpha value is -1.74. The Morgan fingerprint density at radius 3 is 2.35 bits per heavy atom. The SMILES string of the molecule is C.O=C1Nc2ccccc2Sc2ccccc21. The average molecular weight is 243 g/mol. The highest BCUT2D eigenvalue weighted by Crippen LogP contribution is 2.38. The van der Waals surface area contributed by atoms with Crippen molar-refractivity contribution in [3.63, 3.8) is 0 Å². The number of benzene rings is 2. The van der Waals surface area contributed by atoms with Gasteiger partial charge in [0, 0.05) is 9.79 Å². The molecule has 17 heavy (non-hydrogen) atoms. The van der Waals surface area contributed by atoms with E-state index in [4.69, 9.17) is 0 Å². The third kappa shape index (κ3) is 2.06. The number of rotatable bonds is 0. The molecule has 0 aromatic heterocycles. The van der Waals surface area contributed by atoms with Gasteiger partial charge in [-0.2, -0.15) is 0 Å². The maximum absolute atomic E-state index is 11.9. The van der Waals surface area contributed by atoms with Crippen LogP contribution < -0.4 is 5.32 Å². The Morgan fingerprint density at radius 1 is 0.882 bits per heavy atom. The fourth-order valence-electron chi connectivity index (χ4n) is 1.71. The second-order valence-electron chi connectivity index (χ2n) is 3.55. The number of hydrogen-bond acceptors (Lipinski definition) is 2. The minimum atomic E-state index is -0.0342. The summed E-state index contributed by atoms with van der Waals surface area (Å²) < 4.78 is 0. The monoisotopic (exact) mass is 243 g/mol. The largest absolute Gasteiger partial charge is 0.321 e. The molecule has 2 aromatic carbocycles. The third-order valence-corrected chi connectivity index (χ3v) is 3.64. The van der Waals surface area contributed by atoms with Crippen molar-refractivity contribution in [2.45, 2.75) is 17.2 Å². The van der Waals surface area contributed by atoms with Gasteiger partial charge in [-0.05, 0) is 24.3 Å². The highest BCUT2D eigenvalue weighted by molar-refractivity contribution is 7.99. The van der Waals surface area contributed by atoms with Gasteiger partial charge >= 0.3 is 0 Å². The van der Waals surface area contributed by atoms with Crippen molar-refractivity contribution in [2.75, 3.05) is 5.32 Å². The van der Waals surface area contributed by atoms with Gasteiger partial charge in [-0.1, -0.05) is 43.5 Å². The molecule has 0 aliphatic carbocycles. The van der Waals surface area contributed by atoms with Crippen LogP contribution in [-0.2, 0) is 0 Å². The van der Waals surface area contributed by atoms with Crippen molar-refractivity contribution in [2.24, 2.45) is 0 Å². The lowest BCUT2D eigenvalue weighted by atomic mass is 10.2. The number of fused-ring (bicyclic) bond motifs is 2. The van der Waals surface area contributed by atoms with Gasteiger partial charge in [0.25, 0.3) is 5.91 Å². The van der Waals surface area contributed by atoms with Crippen LogP contribution in [0.25, 0.3) is 0 Å². The van der Waals surface area contributed by atoms with Crippen molar-refractivity contribution < 1.29 is 4.79 Å². The molecular weight excluding hydrogens is 230 g/mol. The molecule has 0 radical (unpaired) electrons. The fraction of sp³-hybridized carbons (Fsp3) is 0.0714. The maximum Gasteiger partial charge on any atom is 0.256 e. The van der Waals surface area contributed by atoms with Gasteiger partial charge in [-0.25, -0.2) is 0 Å². The molecule has 1 heterocycles. The van der Waals surface area contributed by atoms with Crippen LogP contribution in [0.4, 0.5) is 5.69 Å². The number of hydrogen-bond donors (Lipinski definition) is 1. The van der Waals surface area contributed by atoms with Crippen LogP contribution in [0, 0.1) is 0 Å². The first-order chi connectivity index (χ1) is 7.84. The Bertz CT molecular complexity index is 566. The summed E-state index contributed by atoms with van der Waals surface area (Å²) in [4.78, 5) is 14.0. The molecular formula is C14H13NOS. The molecule has 0 bridgehead atoms. The lowest BCUT2D eigenvalue weighted by molar-refractivity contribution is 0.102. The third-order valence-electron chi connectivity index (χ3n) is 2.49. The van der Waals surface area contributed by atoms with Crippen molar-refractivity contribution in [3.05, 3.63) is 54.1 Å². The summed E-state index contributed by atoms with van der Waals surface area (Å²) in [7, 11) is 0. The number of carbonyl (C=O) groups excluding carboxylic acids is 1. The van der Waals surface area contributed by atoms with Gasteiger partial charge in [0.2, 0.25) is 0 Å². The average Bonchev–Trinajstić information content (AvgIpc) is 2.45. The standard InChI is InChI=1S/C13H9NOS.CH4/c15-13-9-5-1-3-7-11(9)16-12-8-4-2-6-10(12)14-13;/h1-8H,(H,14,15);1H4. The number of amides is 1. The van der Waals surface area contributed by atoms with Gasteiger partial charge in [-0.15, -0.1) is 0 Å². The zero-order valence-corrected chi connectivity index (χ0v) is 9.25. The molecule has 1 aliphatic heterocycles. The second-order valence-corrected chi connectivity index (χ2v) is 4.63. The lowest BCUT2D eigenvalue weighted by Gasteiger charge is -2.03. The first kappa shape index (κ1) is 11.7. The molecule has 1 aliphatic rings. The summed E-state index contributed by atoms with van der Waals surface area (Å²) in [6.07, 6.45) is 0. The van der Waals surface area contributed by atoms with Crippen molar-refractivity contribution >= 4 is 23.4 Å². The summed E-state index contributed by atoms with van der Waals surface area (Å²) in [5.74, 6) is -0.0342. The lowest BCUT2D eigenvalue weighted by Crippen LogP contribution is -2.11.